The van der Waals surface area contributed by atoms with Gasteiger partial charge < -0.3 is 19.5 Å². The average molecular weight is 379 g/mol. The third kappa shape index (κ3) is 4.94. The van der Waals surface area contributed by atoms with Crippen LogP contribution in [0.25, 0.3) is 10.8 Å². The Morgan fingerprint density at radius 1 is 0.929 bits per heavy atom. The molecule has 0 heterocycles. The van der Waals surface area contributed by atoms with E-state index in [4.69, 9.17) is 14.2 Å². The Bertz CT molecular complexity index is 918. The molecule has 2 unspecified atom stereocenters. The topological polar surface area (TPSA) is 56.8 Å². The first kappa shape index (κ1) is 19.5. The second-order valence-corrected chi connectivity index (χ2v) is 6.63. The molecule has 0 saturated carbocycles. The van der Waals surface area contributed by atoms with E-state index in [1.165, 1.54) is 0 Å². The van der Waals surface area contributed by atoms with Gasteiger partial charge in [-0.25, -0.2) is 0 Å². The second-order valence-electron chi connectivity index (χ2n) is 6.63. The lowest BCUT2D eigenvalue weighted by Gasteiger charge is -2.20. The van der Waals surface area contributed by atoms with E-state index in [0.29, 0.717) is 12.4 Å². The smallest absolute Gasteiger partial charge is 0.261 e. The van der Waals surface area contributed by atoms with Crippen molar-refractivity contribution in [2.75, 3.05) is 13.7 Å². The molecule has 5 heteroatoms. The summed E-state index contributed by atoms with van der Waals surface area (Å²) in [6, 6.07) is 20.9. The lowest BCUT2D eigenvalue weighted by Crippen LogP contribution is -2.43. The number of fused-ring (bicyclic) bond motifs is 1. The largest absolute Gasteiger partial charge is 0.497 e. The Morgan fingerprint density at radius 3 is 2.36 bits per heavy atom. The van der Waals surface area contributed by atoms with E-state index in [9.17, 15) is 4.79 Å². The predicted molar refractivity (Wildman–Crippen MR) is 110 cm³/mol. The molecule has 3 aromatic rings. The van der Waals surface area contributed by atoms with Crippen molar-refractivity contribution in [3.63, 3.8) is 0 Å². The molecule has 1 amide bonds. The average Bonchev–Trinajstić information content (AvgIpc) is 2.73. The van der Waals surface area contributed by atoms with Gasteiger partial charge in [-0.2, -0.15) is 0 Å². The summed E-state index contributed by atoms with van der Waals surface area (Å²) < 4.78 is 16.7. The van der Waals surface area contributed by atoms with E-state index in [-0.39, 0.29) is 11.9 Å². The molecular weight excluding hydrogens is 354 g/mol. The van der Waals surface area contributed by atoms with Gasteiger partial charge in [-0.15, -0.1) is 0 Å². The number of rotatable bonds is 8. The third-order valence-corrected chi connectivity index (χ3v) is 4.37. The number of hydrogen-bond donors (Lipinski definition) is 1. The fourth-order valence-electron chi connectivity index (χ4n) is 2.84. The van der Waals surface area contributed by atoms with Gasteiger partial charge in [-0.05, 0) is 49.6 Å². The van der Waals surface area contributed by atoms with Crippen molar-refractivity contribution in [1.29, 1.82) is 0 Å². The molecule has 3 aromatic carbocycles. The highest BCUT2D eigenvalue weighted by Gasteiger charge is 2.18. The number of methoxy groups -OCH3 is 1. The highest BCUT2D eigenvalue weighted by molar-refractivity contribution is 5.89. The van der Waals surface area contributed by atoms with Gasteiger partial charge in [0.15, 0.2) is 6.10 Å². The van der Waals surface area contributed by atoms with Gasteiger partial charge in [0.1, 0.15) is 23.9 Å². The Labute approximate surface area is 165 Å². The van der Waals surface area contributed by atoms with E-state index >= 15 is 0 Å². The number of amides is 1. The number of nitrogens with one attached hydrogen (secondary N) is 1. The summed E-state index contributed by atoms with van der Waals surface area (Å²) in [7, 11) is 1.62. The molecule has 0 bridgehead atoms. The Morgan fingerprint density at radius 2 is 1.61 bits per heavy atom. The van der Waals surface area contributed by atoms with Gasteiger partial charge in [-0.3, -0.25) is 4.79 Å². The zero-order valence-corrected chi connectivity index (χ0v) is 16.3. The van der Waals surface area contributed by atoms with Gasteiger partial charge in [0.05, 0.1) is 13.2 Å². The number of ether oxygens (including phenoxy) is 3. The van der Waals surface area contributed by atoms with Crippen molar-refractivity contribution in [2.24, 2.45) is 0 Å². The van der Waals surface area contributed by atoms with Crippen LogP contribution in [0.3, 0.4) is 0 Å². The molecular formula is C23H25NO4. The third-order valence-electron chi connectivity index (χ3n) is 4.37. The van der Waals surface area contributed by atoms with Crippen molar-refractivity contribution in [1.82, 2.24) is 5.32 Å². The minimum absolute atomic E-state index is 0.159. The molecule has 0 saturated heterocycles. The monoisotopic (exact) mass is 379 g/mol. The van der Waals surface area contributed by atoms with Crippen molar-refractivity contribution in [3.05, 3.63) is 66.7 Å². The molecule has 1 N–H and O–H groups in total. The Balaban J connectivity index is 1.52. The summed E-state index contributed by atoms with van der Waals surface area (Å²) >= 11 is 0. The second kappa shape index (κ2) is 9.13. The minimum Gasteiger partial charge on any atom is -0.497 e. The lowest BCUT2D eigenvalue weighted by molar-refractivity contribution is -0.128. The number of benzene rings is 3. The summed E-state index contributed by atoms with van der Waals surface area (Å²) in [6.07, 6.45) is -0.616. The van der Waals surface area contributed by atoms with Crippen molar-refractivity contribution in [2.45, 2.75) is 26.0 Å². The molecule has 3 rings (SSSR count). The van der Waals surface area contributed by atoms with Crippen LogP contribution in [-0.4, -0.2) is 31.8 Å². The molecule has 0 fully saturated rings. The zero-order chi connectivity index (χ0) is 19.9. The van der Waals surface area contributed by atoms with Gasteiger partial charge in [0, 0.05) is 5.39 Å². The van der Waals surface area contributed by atoms with Crippen LogP contribution in [0.4, 0.5) is 0 Å². The maximum absolute atomic E-state index is 12.5. The molecule has 0 aliphatic heterocycles. The van der Waals surface area contributed by atoms with E-state index in [2.05, 4.69) is 5.32 Å². The summed E-state index contributed by atoms with van der Waals surface area (Å²) in [5.41, 5.74) is 0. The van der Waals surface area contributed by atoms with Crippen LogP contribution < -0.4 is 19.5 Å². The first-order valence-corrected chi connectivity index (χ1v) is 9.28. The van der Waals surface area contributed by atoms with Crippen LogP contribution in [-0.2, 0) is 4.79 Å². The summed E-state index contributed by atoms with van der Waals surface area (Å²) in [4.78, 5) is 12.5. The molecule has 0 aliphatic rings. The standard InChI is InChI=1S/C23H25NO4/c1-16(15-27-20-13-11-19(26-3)12-14-20)24-23(25)17(2)28-22-10-6-8-18-7-4-5-9-21(18)22/h4-14,16-17H,15H2,1-3H3,(H,24,25). The van der Waals surface area contributed by atoms with Crippen LogP contribution in [0.2, 0.25) is 0 Å². The number of carbonyl (C=O) groups is 1. The van der Waals surface area contributed by atoms with Gasteiger partial charge in [-0.1, -0.05) is 36.4 Å². The van der Waals surface area contributed by atoms with E-state index < -0.39 is 6.10 Å². The SMILES string of the molecule is COc1ccc(OCC(C)NC(=O)C(C)Oc2cccc3ccccc23)cc1. The van der Waals surface area contributed by atoms with Crippen LogP contribution in [0.15, 0.2) is 66.7 Å². The minimum atomic E-state index is -0.616. The summed E-state index contributed by atoms with van der Waals surface area (Å²) in [5, 5.41) is 4.99. The fraction of sp³-hybridized carbons (Fsp3) is 0.261. The first-order chi connectivity index (χ1) is 13.6. The zero-order valence-electron chi connectivity index (χ0n) is 16.3. The fourth-order valence-corrected chi connectivity index (χ4v) is 2.84. The van der Waals surface area contributed by atoms with Gasteiger partial charge in [0.25, 0.3) is 5.91 Å². The number of hydrogen-bond acceptors (Lipinski definition) is 4. The van der Waals surface area contributed by atoms with Gasteiger partial charge in [0.2, 0.25) is 0 Å². The van der Waals surface area contributed by atoms with E-state index in [1.54, 1.807) is 14.0 Å². The van der Waals surface area contributed by atoms with E-state index in [0.717, 1.165) is 22.3 Å². The maximum Gasteiger partial charge on any atom is 0.261 e. The maximum atomic E-state index is 12.5. The molecule has 0 aromatic heterocycles. The molecule has 5 nitrogen and oxygen atoms in total. The molecule has 0 radical (unpaired) electrons. The molecule has 0 aliphatic carbocycles. The quantitative estimate of drug-likeness (QED) is 0.637. The first-order valence-electron chi connectivity index (χ1n) is 9.28. The normalized spacial score (nSPS) is 12.8. The highest BCUT2D eigenvalue weighted by Crippen LogP contribution is 2.26. The van der Waals surface area contributed by atoms with Crippen molar-refractivity contribution < 1.29 is 19.0 Å². The lowest BCUT2D eigenvalue weighted by atomic mass is 10.1. The van der Waals surface area contributed by atoms with Crippen LogP contribution in [0.1, 0.15) is 13.8 Å². The molecule has 0 spiro atoms. The molecule has 28 heavy (non-hydrogen) atoms. The predicted octanol–water partition coefficient (Wildman–Crippen LogP) is 4.20. The summed E-state index contributed by atoms with van der Waals surface area (Å²) in [6.45, 7) is 4.00. The molecule has 2 atom stereocenters. The highest BCUT2D eigenvalue weighted by atomic mass is 16.5. The molecule has 146 valence electrons. The van der Waals surface area contributed by atoms with Crippen molar-refractivity contribution >= 4 is 16.7 Å². The van der Waals surface area contributed by atoms with E-state index in [1.807, 2.05) is 73.7 Å². The van der Waals surface area contributed by atoms with Crippen LogP contribution >= 0.6 is 0 Å². The summed E-state index contributed by atoms with van der Waals surface area (Å²) in [5.74, 6) is 2.01. The Hall–Kier alpha value is -3.21. The van der Waals surface area contributed by atoms with Crippen molar-refractivity contribution in [3.8, 4) is 17.2 Å². The van der Waals surface area contributed by atoms with Crippen LogP contribution in [0, 0.1) is 0 Å². The van der Waals surface area contributed by atoms with Gasteiger partial charge >= 0.3 is 0 Å². The Kier molecular flexibility index (Phi) is 6.37. The van der Waals surface area contributed by atoms with Crippen LogP contribution in [0.5, 0.6) is 17.2 Å². The number of carbonyl (C=O) groups excluding carboxylic acids is 1.